The molecule has 1 aromatic heterocycles. The number of likely N-dealkylation sites (tertiary alicyclic amines) is 1. The van der Waals surface area contributed by atoms with E-state index in [-0.39, 0.29) is 24.0 Å². The van der Waals surface area contributed by atoms with Gasteiger partial charge in [-0.1, -0.05) is 30.3 Å². The van der Waals surface area contributed by atoms with E-state index in [1.165, 1.54) is 30.0 Å². The van der Waals surface area contributed by atoms with Crippen molar-refractivity contribution in [1.82, 2.24) is 20.5 Å². The second-order valence-corrected chi connectivity index (χ2v) is 8.53. The third-order valence-electron chi connectivity index (χ3n) is 5.13. The lowest BCUT2D eigenvalue weighted by Gasteiger charge is -2.17. The third kappa shape index (κ3) is 7.00. The summed E-state index contributed by atoms with van der Waals surface area (Å²) in [5.41, 5.74) is 2.54. The van der Waals surface area contributed by atoms with Gasteiger partial charge in [0.05, 0.1) is 17.2 Å². The van der Waals surface area contributed by atoms with Crippen molar-refractivity contribution in [2.75, 3.05) is 33.2 Å². The molecule has 2 N–H and O–H groups in total. The maximum Gasteiger partial charge on any atom is 0.191 e. The Morgan fingerprint density at radius 2 is 2.04 bits per heavy atom. The number of benzene rings is 1. The summed E-state index contributed by atoms with van der Waals surface area (Å²) in [5, 5.41) is 8.04. The Morgan fingerprint density at radius 1 is 1.25 bits per heavy atom. The molecule has 1 unspecified atom stereocenters. The second-order valence-electron chi connectivity index (χ2n) is 7.24. The van der Waals surface area contributed by atoms with Gasteiger partial charge < -0.3 is 15.5 Å². The fourth-order valence-electron chi connectivity index (χ4n) is 3.58. The number of hydrogen-bond donors (Lipinski definition) is 2. The van der Waals surface area contributed by atoms with Gasteiger partial charge in [-0.05, 0) is 44.7 Å². The summed E-state index contributed by atoms with van der Waals surface area (Å²) in [7, 11) is 1.83. The van der Waals surface area contributed by atoms with Crippen LogP contribution in [-0.2, 0) is 13.0 Å². The highest BCUT2D eigenvalue weighted by atomic mass is 127. The van der Waals surface area contributed by atoms with Gasteiger partial charge in [0.25, 0.3) is 0 Å². The number of thiazole rings is 1. The average Bonchev–Trinajstić information content (AvgIpc) is 3.26. The molecule has 0 saturated carbocycles. The highest BCUT2D eigenvalue weighted by Gasteiger charge is 2.22. The second kappa shape index (κ2) is 11.7. The monoisotopic (exact) mass is 513 g/mol. The summed E-state index contributed by atoms with van der Waals surface area (Å²) in [6, 6.07) is 10.8. The molecular formula is C21H32IN5S. The summed E-state index contributed by atoms with van der Waals surface area (Å²) in [5.74, 6) is 1.56. The maximum absolute atomic E-state index is 4.48. The molecule has 2 aromatic rings. The van der Waals surface area contributed by atoms with E-state index in [1.54, 1.807) is 11.3 Å². The lowest BCUT2D eigenvalue weighted by molar-refractivity contribution is 0.328. The van der Waals surface area contributed by atoms with E-state index >= 15 is 0 Å². The molecule has 0 aliphatic carbocycles. The Morgan fingerprint density at radius 3 is 2.71 bits per heavy atom. The molecule has 0 spiro atoms. The number of aryl methyl sites for hydroxylation is 2. The number of aromatic nitrogens is 1. The molecule has 154 valence electrons. The van der Waals surface area contributed by atoms with E-state index in [1.807, 2.05) is 7.05 Å². The minimum Gasteiger partial charge on any atom is -0.356 e. The first-order valence-electron chi connectivity index (χ1n) is 9.77. The number of hydrogen-bond acceptors (Lipinski definition) is 4. The molecule has 1 fully saturated rings. The van der Waals surface area contributed by atoms with Crippen LogP contribution >= 0.6 is 35.3 Å². The average molecular weight is 513 g/mol. The zero-order chi connectivity index (χ0) is 19.1. The SMILES string of the molecule is CN=C(NCc1sc(C)nc1C)NCC1CCN(CCc2ccccc2)C1.I. The highest BCUT2D eigenvalue weighted by molar-refractivity contribution is 14.0. The van der Waals surface area contributed by atoms with E-state index in [9.17, 15) is 0 Å². The number of rotatable bonds is 7. The lowest BCUT2D eigenvalue weighted by Crippen LogP contribution is -2.40. The summed E-state index contributed by atoms with van der Waals surface area (Å²) in [6.07, 6.45) is 2.39. The fraction of sp³-hybridized carbons (Fsp3) is 0.524. The van der Waals surface area contributed by atoms with E-state index in [4.69, 9.17) is 0 Å². The van der Waals surface area contributed by atoms with Gasteiger partial charge in [0.15, 0.2) is 5.96 Å². The van der Waals surface area contributed by atoms with Gasteiger partial charge in [0, 0.05) is 31.6 Å². The Labute approximate surface area is 190 Å². The number of nitrogens with zero attached hydrogens (tertiary/aromatic N) is 3. The van der Waals surface area contributed by atoms with Crippen LogP contribution in [0.4, 0.5) is 0 Å². The zero-order valence-corrected chi connectivity index (χ0v) is 20.2. The fourth-order valence-corrected chi connectivity index (χ4v) is 4.45. The van der Waals surface area contributed by atoms with Crippen LogP contribution in [0.25, 0.3) is 0 Å². The molecule has 3 rings (SSSR count). The molecular weight excluding hydrogens is 481 g/mol. The van der Waals surface area contributed by atoms with E-state index in [0.717, 1.165) is 42.7 Å². The molecule has 1 aliphatic heterocycles. The number of nitrogens with one attached hydrogen (secondary N) is 2. The maximum atomic E-state index is 4.48. The van der Waals surface area contributed by atoms with Crippen LogP contribution in [0.15, 0.2) is 35.3 Å². The summed E-state index contributed by atoms with van der Waals surface area (Å²) >= 11 is 1.75. The van der Waals surface area contributed by atoms with Crippen LogP contribution in [0.1, 0.15) is 27.6 Å². The van der Waals surface area contributed by atoms with Crippen molar-refractivity contribution >= 4 is 41.3 Å². The number of halogens is 1. The van der Waals surface area contributed by atoms with Gasteiger partial charge in [0.1, 0.15) is 0 Å². The molecule has 1 atom stereocenters. The van der Waals surface area contributed by atoms with Crippen LogP contribution in [0.3, 0.4) is 0 Å². The predicted octanol–water partition coefficient (Wildman–Crippen LogP) is 3.61. The molecule has 28 heavy (non-hydrogen) atoms. The van der Waals surface area contributed by atoms with Crippen molar-refractivity contribution in [1.29, 1.82) is 0 Å². The van der Waals surface area contributed by atoms with Crippen molar-refractivity contribution in [3.8, 4) is 0 Å². The van der Waals surface area contributed by atoms with Crippen molar-refractivity contribution in [2.24, 2.45) is 10.9 Å². The molecule has 0 amide bonds. The van der Waals surface area contributed by atoms with Crippen molar-refractivity contribution in [2.45, 2.75) is 33.2 Å². The van der Waals surface area contributed by atoms with Gasteiger partial charge >= 0.3 is 0 Å². The summed E-state index contributed by atoms with van der Waals surface area (Å²) in [4.78, 5) is 12.7. The molecule has 5 nitrogen and oxygen atoms in total. The highest BCUT2D eigenvalue weighted by Crippen LogP contribution is 2.17. The van der Waals surface area contributed by atoms with Crippen LogP contribution in [0, 0.1) is 19.8 Å². The molecule has 0 bridgehead atoms. The minimum atomic E-state index is 0. The standard InChI is InChI=1S/C21H31N5S.HI/c1-16-20(27-17(2)25-16)14-24-21(22-3)23-13-19-10-12-26(15-19)11-9-18-7-5-4-6-8-18;/h4-8,19H,9-15H2,1-3H3,(H2,22,23,24);1H. The van der Waals surface area contributed by atoms with Gasteiger partial charge in [-0.15, -0.1) is 35.3 Å². The molecule has 2 heterocycles. The normalized spacial score (nSPS) is 17.4. The number of aliphatic imine (C=N–C) groups is 1. The third-order valence-corrected chi connectivity index (χ3v) is 6.20. The molecule has 7 heteroatoms. The Kier molecular flexibility index (Phi) is 9.67. The number of guanidine groups is 1. The van der Waals surface area contributed by atoms with E-state index < -0.39 is 0 Å². The summed E-state index contributed by atoms with van der Waals surface area (Å²) < 4.78 is 0. The minimum absolute atomic E-state index is 0. The van der Waals surface area contributed by atoms with Crippen molar-refractivity contribution < 1.29 is 0 Å². The van der Waals surface area contributed by atoms with Crippen molar-refractivity contribution in [3.63, 3.8) is 0 Å². The molecule has 0 radical (unpaired) electrons. The van der Waals surface area contributed by atoms with Gasteiger partial charge in [-0.25, -0.2) is 4.98 Å². The van der Waals surface area contributed by atoms with Gasteiger partial charge in [-0.3, -0.25) is 4.99 Å². The first-order chi connectivity index (χ1) is 13.1. The van der Waals surface area contributed by atoms with E-state index in [2.05, 4.69) is 69.7 Å². The molecule has 1 aliphatic rings. The molecule has 1 saturated heterocycles. The quantitative estimate of drug-likeness (QED) is 0.338. The lowest BCUT2D eigenvalue weighted by atomic mass is 10.1. The summed E-state index contributed by atoms with van der Waals surface area (Å²) in [6.45, 7) is 9.40. The van der Waals surface area contributed by atoms with Crippen molar-refractivity contribution in [3.05, 3.63) is 51.5 Å². The van der Waals surface area contributed by atoms with Crippen LogP contribution in [0.5, 0.6) is 0 Å². The first-order valence-corrected chi connectivity index (χ1v) is 10.6. The van der Waals surface area contributed by atoms with Crippen LogP contribution in [0.2, 0.25) is 0 Å². The van der Waals surface area contributed by atoms with Gasteiger partial charge in [0.2, 0.25) is 0 Å². The molecule has 1 aromatic carbocycles. The smallest absolute Gasteiger partial charge is 0.191 e. The zero-order valence-electron chi connectivity index (χ0n) is 17.1. The predicted molar refractivity (Wildman–Crippen MR) is 130 cm³/mol. The largest absolute Gasteiger partial charge is 0.356 e. The first kappa shape index (κ1) is 23.1. The Hall–Kier alpha value is -1.19. The Bertz CT molecular complexity index is 747. The topological polar surface area (TPSA) is 52.6 Å². The van der Waals surface area contributed by atoms with Crippen LogP contribution < -0.4 is 10.6 Å². The van der Waals surface area contributed by atoms with E-state index in [0.29, 0.717) is 5.92 Å². The van der Waals surface area contributed by atoms with Crippen LogP contribution in [-0.4, -0.2) is 49.1 Å². The Balaban J connectivity index is 0.00000280. The van der Waals surface area contributed by atoms with Gasteiger partial charge in [-0.2, -0.15) is 0 Å².